The molecule has 1 aliphatic rings. The van der Waals surface area contributed by atoms with E-state index in [4.69, 9.17) is 3.07 Å². The van der Waals surface area contributed by atoms with E-state index in [2.05, 4.69) is 0 Å². The molecule has 146 valence electrons. The van der Waals surface area contributed by atoms with Crippen LogP contribution in [0, 0.1) is 5.41 Å². The van der Waals surface area contributed by atoms with Gasteiger partial charge in [0.1, 0.15) is 23.0 Å². The van der Waals surface area contributed by atoms with Gasteiger partial charge in [-0.25, -0.2) is 0 Å². The minimum absolute atomic E-state index is 0.0151. The summed E-state index contributed by atoms with van der Waals surface area (Å²) in [5.41, 5.74) is -0.283. The summed E-state index contributed by atoms with van der Waals surface area (Å²) >= 11 is 1.80. The highest BCUT2D eigenvalue weighted by atomic mass is 127. The molecule has 0 aromatic rings. The van der Waals surface area contributed by atoms with E-state index in [1.165, 1.54) is 0 Å². The molecule has 1 heterocycles. The fourth-order valence-electron chi connectivity index (χ4n) is 2.73. The van der Waals surface area contributed by atoms with Crippen LogP contribution in [-0.2, 0) is 12.7 Å². The maximum absolute atomic E-state index is 12.1. The van der Waals surface area contributed by atoms with Crippen LogP contribution in [0.4, 0.5) is 13.2 Å². The van der Waals surface area contributed by atoms with Gasteiger partial charge in [-0.05, 0) is 25.7 Å². The molecule has 1 rings (SSSR count). The summed E-state index contributed by atoms with van der Waals surface area (Å²) in [6, 6.07) is 0. The molecule has 2 N–H and O–H groups in total. The topological polar surface area (TPSA) is 78.9 Å². The van der Waals surface area contributed by atoms with E-state index in [0.29, 0.717) is 58.2 Å². The van der Waals surface area contributed by atoms with Gasteiger partial charge in [-0.2, -0.15) is 13.2 Å². The van der Waals surface area contributed by atoms with Gasteiger partial charge in [0.2, 0.25) is 5.91 Å². The quantitative estimate of drug-likeness (QED) is 0.392. The third-order valence-corrected chi connectivity index (χ3v) is 4.79. The largest absolute Gasteiger partial charge is 0.471 e. The van der Waals surface area contributed by atoms with Crippen LogP contribution in [0.5, 0.6) is 0 Å². The first-order valence-electron chi connectivity index (χ1n) is 8.21. The Balaban J connectivity index is 2.17. The molecule has 6 nitrogen and oxygen atoms in total. The van der Waals surface area contributed by atoms with Crippen molar-refractivity contribution in [1.82, 2.24) is 10.2 Å². The summed E-state index contributed by atoms with van der Waals surface area (Å²) < 4.78 is 41.1. The summed E-state index contributed by atoms with van der Waals surface area (Å²) in [6.45, 7) is 1.57. The highest BCUT2D eigenvalue weighted by Gasteiger charge is 2.38. The van der Waals surface area contributed by atoms with Gasteiger partial charge >= 0.3 is 12.1 Å². The van der Waals surface area contributed by atoms with Crippen molar-refractivity contribution in [2.75, 3.05) is 32.8 Å². The van der Waals surface area contributed by atoms with Gasteiger partial charge in [-0.3, -0.25) is 9.59 Å². The monoisotopic (exact) mass is 480 g/mol. The van der Waals surface area contributed by atoms with Crippen LogP contribution >= 0.6 is 23.0 Å². The second kappa shape index (κ2) is 10.5. The molecule has 0 aliphatic carbocycles. The predicted octanol–water partition coefficient (Wildman–Crippen LogP) is 2.19. The van der Waals surface area contributed by atoms with Gasteiger partial charge in [0.25, 0.3) is 0 Å². The molecule has 0 aromatic heterocycles. The normalized spacial score (nSPS) is 17.4. The van der Waals surface area contributed by atoms with Crippen molar-refractivity contribution in [3.8, 4) is 0 Å². The zero-order valence-electron chi connectivity index (χ0n) is 13.9. The number of rotatable bonds is 9. The van der Waals surface area contributed by atoms with Gasteiger partial charge in [0, 0.05) is 31.5 Å². The number of amides is 2. The molecular weight excluding hydrogens is 456 g/mol. The number of aliphatic hydroxyl groups is 1. The van der Waals surface area contributed by atoms with Crippen LogP contribution in [0.1, 0.15) is 38.5 Å². The highest BCUT2D eigenvalue weighted by Crippen LogP contribution is 2.32. The minimum Gasteiger partial charge on any atom is -0.396 e. The maximum atomic E-state index is 12.1. The number of alkyl halides is 3. The first kappa shape index (κ1) is 22.4. The summed E-state index contributed by atoms with van der Waals surface area (Å²) in [6.07, 6.45) is -1.61. The summed E-state index contributed by atoms with van der Waals surface area (Å²) in [5, 5.41) is 11.3. The number of carbonyl (C=O) groups is 2. The molecule has 1 saturated heterocycles. The zero-order valence-corrected chi connectivity index (χ0v) is 16.1. The van der Waals surface area contributed by atoms with E-state index in [-0.39, 0.29) is 24.5 Å². The van der Waals surface area contributed by atoms with Crippen molar-refractivity contribution in [2.45, 2.75) is 44.7 Å². The third kappa shape index (κ3) is 7.65. The summed E-state index contributed by atoms with van der Waals surface area (Å²) in [4.78, 5) is 24.5. The second-order valence-electron chi connectivity index (χ2n) is 6.36. The van der Waals surface area contributed by atoms with Crippen molar-refractivity contribution in [3.63, 3.8) is 0 Å². The van der Waals surface area contributed by atoms with Gasteiger partial charge in [0.15, 0.2) is 0 Å². The van der Waals surface area contributed by atoms with E-state index in [1.807, 2.05) is 0 Å². The first-order chi connectivity index (χ1) is 11.7. The Morgan fingerprint density at radius 2 is 1.84 bits per heavy atom. The molecule has 25 heavy (non-hydrogen) atoms. The lowest BCUT2D eigenvalue weighted by Crippen LogP contribution is -2.46. The second-order valence-corrected chi connectivity index (χ2v) is 6.98. The number of carbonyl (C=O) groups excluding carboxylic acids is 2. The van der Waals surface area contributed by atoms with Crippen LogP contribution in [0.25, 0.3) is 0 Å². The number of unbranched alkanes of at least 4 members (excludes halogenated alkanes) is 2. The Kier molecular flexibility index (Phi) is 9.43. The minimum atomic E-state index is -4.85. The highest BCUT2D eigenvalue weighted by molar-refractivity contribution is 14.1. The fraction of sp³-hybridized carbons (Fsp3) is 0.867. The van der Waals surface area contributed by atoms with Gasteiger partial charge in [0.05, 0.1) is 13.2 Å². The Hall–Kier alpha value is -0.620. The average molecular weight is 480 g/mol. The van der Waals surface area contributed by atoms with Crippen LogP contribution < -0.4 is 5.32 Å². The SMILES string of the molecule is O=C(CCCCCNC(=O)C(F)(F)F)N1CCC(CO)(COI)CC1. The van der Waals surface area contributed by atoms with Gasteiger partial charge < -0.3 is 18.4 Å². The first-order valence-corrected chi connectivity index (χ1v) is 9.09. The predicted molar refractivity (Wildman–Crippen MR) is 92.8 cm³/mol. The molecular formula is C15H24F3IN2O4. The molecule has 10 heteroatoms. The number of halogens is 4. The van der Waals surface area contributed by atoms with Crippen molar-refractivity contribution in [2.24, 2.45) is 5.41 Å². The maximum Gasteiger partial charge on any atom is 0.471 e. The number of nitrogens with one attached hydrogen (secondary N) is 1. The lowest BCUT2D eigenvalue weighted by molar-refractivity contribution is -0.173. The summed E-state index contributed by atoms with van der Waals surface area (Å²) in [7, 11) is 0. The van der Waals surface area contributed by atoms with E-state index in [9.17, 15) is 27.9 Å². The number of hydrogen-bond acceptors (Lipinski definition) is 4. The Morgan fingerprint density at radius 3 is 2.36 bits per heavy atom. The van der Waals surface area contributed by atoms with Crippen LogP contribution in [-0.4, -0.2) is 60.8 Å². The number of nitrogens with zero attached hydrogens (tertiary/aromatic N) is 1. The molecule has 2 amide bonds. The lowest BCUT2D eigenvalue weighted by atomic mass is 9.80. The lowest BCUT2D eigenvalue weighted by Gasteiger charge is -2.40. The number of aliphatic hydroxyl groups excluding tert-OH is 1. The Bertz CT molecular complexity index is 441. The zero-order chi connectivity index (χ0) is 18.9. The van der Waals surface area contributed by atoms with Crippen molar-refractivity contribution in [1.29, 1.82) is 0 Å². The molecule has 1 fully saturated rings. The third-order valence-electron chi connectivity index (χ3n) is 4.48. The Labute approximate surface area is 159 Å². The van der Waals surface area contributed by atoms with Crippen molar-refractivity contribution >= 4 is 34.8 Å². The van der Waals surface area contributed by atoms with Crippen LogP contribution in [0.2, 0.25) is 0 Å². The summed E-state index contributed by atoms with van der Waals surface area (Å²) in [5.74, 6) is -1.92. The van der Waals surface area contributed by atoms with E-state index in [1.54, 1.807) is 33.2 Å². The van der Waals surface area contributed by atoms with Gasteiger partial charge in [-0.15, -0.1) is 0 Å². The molecule has 0 spiro atoms. The van der Waals surface area contributed by atoms with E-state index < -0.39 is 12.1 Å². The molecule has 0 bridgehead atoms. The average Bonchev–Trinajstić information content (AvgIpc) is 2.57. The molecule has 1 aliphatic heterocycles. The molecule has 0 atom stereocenters. The smallest absolute Gasteiger partial charge is 0.396 e. The van der Waals surface area contributed by atoms with E-state index >= 15 is 0 Å². The number of hydrogen-bond donors (Lipinski definition) is 2. The number of likely N-dealkylation sites (tertiary alicyclic amines) is 1. The van der Waals surface area contributed by atoms with Crippen molar-refractivity contribution < 1.29 is 30.9 Å². The molecule has 0 aromatic carbocycles. The molecule has 0 saturated carbocycles. The Morgan fingerprint density at radius 1 is 1.20 bits per heavy atom. The standard InChI is InChI=1S/C15H24F3IN2O4/c16-15(17,18)13(24)20-7-3-1-2-4-12(23)21-8-5-14(10-22,6-9-21)11-25-19/h22H,1-11H2,(H,20,24). The number of piperidine rings is 1. The van der Waals surface area contributed by atoms with Crippen LogP contribution in [0.15, 0.2) is 0 Å². The van der Waals surface area contributed by atoms with Crippen molar-refractivity contribution in [3.05, 3.63) is 0 Å². The van der Waals surface area contributed by atoms with Crippen LogP contribution in [0.3, 0.4) is 0 Å². The molecule has 0 radical (unpaired) electrons. The fourth-order valence-corrected chi connectivity index (χ4v) is 3.39. The van der Waals surface area contributed by atoms with Gasteiger partial charge in [-0.1, -0.05) is 6.42 Å². The van der Waals surface area contributed by atoms with E-state index in [0.717, 1.165) is 0 Å². The molecule has 0 unspecified atom stereocenters.